The van der Waals surface area contributed by atoms with Gasteiger partial charge in [-0.15, -0.1) is 0 Å². The van der Waals surface area contributed by atoms with Gasteiger partial charge in [0.15, 0.2) is 23.3 Å². The maximum atomic E-state index is 13.2. The van der Waals surface area contributed by atoms with Crippen molar-refractivity contribution in [1.29, 1.82) is 0 Å². The van der Waals surface area contributed by atoms with E-state index in [9.17, 15) is 27.2 Å². The normalized spacial score (nSPS) is 11.7. The quantitative estimate of drug-likeness (QED) is 0.625. The second kappa shape index (κ2) is 8.46. The van der Waals surface area contributed by atoms with Crippen LogP contribution in [0.15, 0.2) is 36.4 Å². The first-order valence-corrected chi connectivity index (χ1v) is 7.70. The van der Waals surface area contributed by atoms with Crippen LogP contribution in [0, 0.1) is 23.3 Å². The average molecular weight is 369 g/mol. The topological polar surface area (TPSA) is 55.4 Å². The lowest BCUT2D eigenvalue weighted by atomic mass is 10.1. The Labute approximate surface area is 146 Å². The predicted octanol–water partition coefficient (Wildman–Crippen LogP) is 3.61. The molecule has 0 saturated heterocycles. The Bertz CT molecular complexity index is 826. The summed E-state index contributed by atoms with van der Waals surface area (Å²) < 4.78 is 57.1. The molecule has 138 valence electrons. The second-order valence-electron chi connectivity index (χ2n) is 5.43. The number of ether oxygens (including phenoxy) is 1. The molecule has 26 heavy (non-hydrogen) atoms. The first-order valence-electron chi connectivity index (χ1n) is 7.70. The molecule has 2 aromatic carbocycles. The highest BCUT2D eigenvalue weighted by molar-refractivity contribution is 5.94. The van der Waals surface area contributed by atoms with E-state index in [4.69, 9.17) is 4.74 Å². The molecule has 8 heteroatoms. The van der Waals surface area contributed by atoms with Crippen molar-refractivity contribution in [1.82, 2.24) is 5.32 Å². The number of carbonyl (C=O) groups is 2. The third kappa shape index (κ3) is 4.81. The number of esters is 1. The van der Waals surface area contributed by atoms with Gasteiger partial charge in [-0.25, -0.2) is 22.4 Å². The van der Waals surface area contributed by atoms with Crippen LogP contribution in [-0.2, 0) is 4.74 Å². The summed E-state index contributed by atoms with van der Waals surface area (Å²) in [4.78, 5) is 23.9. The van der Waals surface area contributed by atoms with Crippen LogP contribution in [0.1, 0.15) is 34.1 Å². The SMILES string of the molecule is CC[C@H](COC(=O)c1ccc(F)c(F)c1)NC(=O)c1ccc(F)c(F)c1. The predicted molar refractivity (Wildman–Crippen MR) is 84.5 cm³/mol. The highest BCUT2D eigenvalue weighted by Crippen LogP contribution is 2.11. The van der Waals surface area contributed by atoms with E-state index in [1.165, 1.54) is 0 Å². The fraction of sp³-hybridized carbons (Fsp3) is 0.222. The monoisotopic (exact) mass is 369 g/mol. The summed E-state index contributed by atoms with van der Waals surface area (Å²) in [5, 5.41) is 2.52. The molecular weight excluding hydrogens is 354 g/mol. The van der Waals surface area contributed by atoms with Gasteiger partial charge in [-0.05, 0) is 42.8 Å². The molecule has 0 unspecified atom stereocenters. The van der Waals surface area contributed by atoms with Crippen molar-refractivity contribution in [2.75, 3.05) is 6.61 Å². The Morgan fingerprint density at radius 3 is 2.00 bits per heavy atom. The zero-order valence-corrected chi connectivity index (χ0v) is 13.7. The van der Waals surface area contributed by atoms with Crippen LogP contribution in [0.3, 0.4) is 0 Å². The summed E-state index contributed by atoms with van der Waals surface area (Å²) >= 11 is 0. The van der Waals surface area contributed by atoms with Crippen LogP contribution in [0.4, 0.5) is 17.6 Å². The van der Waals surface area contributed by atoms with Crippen molar-refractivity contribution in [3.63, 3.8) is 0 Å². The Morgan fingerprint density at radius 1 is 0.923 bits per heavy atom. The van der Waals surface area contributed by atoms with Crippen LogP contribution in [0.25, 0.3) is 0 Å². The number of hydrogen-bond acceptors (Lipinski definition) is 3. The first kappa shape index (κ1) is 19.4. The van der Waals surface area contributed by atoms with Crippen LogP contribution in [-0.4, -0.2) is 24.5 Å². The van der Waals surface area contributed by atoms with Gasteiger partial charge in [-0.2, -0.15) is 0 Å². The molecule has 1 atom stereocenters. The van der Waals surface area contributed by atoms with Gasteiger partial charge < -0.3 is 10.1 Å². The van der Waals surface area contributed by atoms with E-state index >= 15 is 0 Å². The van der Waals surface area contributed by atoms with E-state index in [1.807, 2.05) is 0 Å². The third-order valence-corrected chi connectivity index (χ3v) is 3.58. The van der Waals surface area contributed by atoms with Gasteiger partial charge in [-0.3, -0.25) is 4.79 Å². The molecule has 2 rings (SSSR count). The van der Waals surface area contributed by atoms with Gasteiger partial charge in [0.25, 0.3) is 5.91 Å². The maximum absolute atomic E-state index is 13.2. The summed E-state index contributed by atoms with van der Waals surface area (Å²) in [5.41, 5.74) is -0.264. The molecule has 2 aromatic rings. The second-order valence-corrected chi connectivity index (χ2v) is 5.43. The summed E-state index contributed by atoms with van der Waals surface area (Å²) in [6.45, 7) is 1.48. The molecule has 0 heterocycles. The van der Waals surface area contributed by atoms with Crippen molar-refractivity contribution < 1.29 is 31.9 Å². The zero-order chi connectivity index (χ0) is 19.3. The molecule has 1 N–H and O–H groups in total. The average Bonchev–Trinajstić information content (AvgIpc) is 2.62. The number of halogens is 4. The molecule has 0 fully saturated rings. The third-order valence-electron chi connectivity index (χ3n) is 3.58. The van der Waals surface area contributed by atoms with Gasteiger partial charge in [0.2, 0.25) is 0 Å². The number of nitrogens with one attached hydrogen (secondary N) is 1. The van der Waals surface area contributed by atoms with Gasteiger partial charge in [-0.1, -0.05) is 6.92 Å². The molecule has 0 aliphatic heterocycles. The lowest BCUT2D eigenvalue weighted by Gasteiger charge is -2.17. The standard InChI is InChI=1S/C18H15F4NO3/c1-2-12(23-17(24)10-3-5-13(19)15(21)7-10)9-26-18(25)11-4-6-14(20)16(22)8-11/h3-8,12H,2,9H2,1H3,(H,23,24)/t12-/m1/s1. The van der Waals surface area contributed by atoms with E-state index in [2.05, 4.69) is 5.32 Å². The van der Waals surface area contributed by atoms with Gasteiger partial charge in [0, 0.05) is 5.56 Å². The van der Waals surface area contributed by atoms with E-state index in [0.717, 1.165) is 30.3 Å². The number of rotatable bonds is 6. The molecule has 0 aliphatic rings. The summed E-state index contributed by atoms with van der Waals surface area (Å²) in [6, 6.07) is 4.67. The number of hydrogen-bond donors (Lipinski definition) is 1. The number of benzene rings is 2. The van der Waals surface area contributed by atoms with E-state index in [1.54, 1.807) is 6.92 Å². The summed E-state index contributed by atoms with van der Waals surface area (Å²) in [5.74, 6) is -6.06. The molecule has 0 radical (unpaired) electrons. The Morgan fingerprint density at radius 2 is 1.46 bits per heavy atom. The molecule has 1 amide bonds. The Balaban J connectivity index is 1.96. The van der Waals surface area contributed by atoms with Gasteiger partial charge >= 0.3 is 5.97 Å². The van der Waals surface area contributed by atoms with Crippen LogP contribution in [0.2, 0.25) is 0 Å². The van der Waals surface area contributed by atoms with Crippen molar-refractivity contribution in [2.24, 2.45) is 0 Å². The molecule has 0 aliphatic carbocycles. The first-order chi connectivity index (χ1) is 12.3. The minimum atomic E-state index is -1.18. The van der Waals surface area contributed by atoms with E-state index in [-0.39, 0.29) is 17.7 Å². The highest BCUT2D eigenvalue weighted by atomic mass is 19.2. The lowest BCUT2D eigenvalue weighted by Crippen LogP contribution is -2.38. The molecule has 0 spiro atoms. The van der Waals surface area contributed by atoms with Crippen LogP contribution >= 0.6 is 0 Å². The van der Waals surface area contributed by atoms with Crippen molar-refractivity contribution in [3.05, 3.63) is 70.8 Å². The Hall–Kier alpha value is -2.90. The largest absolute Gasteiger partial charge is 0.460 e. The minimum absolute atomic E-state index is 0.0886. The van der Waals surface area contributed by atoms with Crippen molar-refractivity contribution in [3.8, 4) is 0 Å². The fourth-order valence-corrected chi connectivity index (χ4v) is 2.05. The summed E-state index contributed by atoms with van der Waals surface area (Å²) in [7, 11) is 0. The molecule has 4 nitrogen and oxygen atoms in total. The number of carbonyl (C=O) groups excluding carboxylic acids is 2. The lowest BCUT2D eigenvalue weighted by molar-refractivity contribution is 0.0454. The molecule has 0 bridgehead atoms. The zero-order valence-electron chi connectivity index (χ0n) is 13.7. The van der Waals surface area contributed by atoms with Crippen molar-refractivity contribution in [2.45, 2.75) is 19.4 Å². The van der Waals surface area contributed by atoms with E-state index < -0.39 is 41.2 Å². The maximum Gasteiger partial charge on any atom is 0.338 e. The van der Waals surface area contributed by atoms with Gasteiger partial charge in [0.05, 0.1) is 11.6 Å². The van der Waals surface area contributed by atoms with E-state index in [0.29, 0.717) is 12.5 Å². The van der Waals surface area contributed by atoms with Crippen molar-refractivity contribution >= 4 is 11.9 Å². The fourth-order valence-electron chi connectivity index (χ4n) is 2.05. The molecule has 0 aromatic heterocycles. The Kier molecular flexibility index (Phi) is 6.32. The number of amides is 1. The summed E-state index contributed by atoms with van der Waals surface area (Å²) in [6.07, 6.45) is 0.375. The van der Waals surface area contributed by atoms with Crippen LogP contribution in [0.5, 0.6) is 0 Å². The molecule has 0 saturated carbocycles. The smallest absolute Gasteiger partial charge is 0.338 e. The van der Waals surface area contributed by atoms with Gasteiger partial charge in [0.1, 0.15) is 6.61 Å². The minimum Gasteiger partial charge on any atom is -0.460 e. The van der Waals surface area contributed by atoms with Crippen LogP contribution < -0.4 is 5.32 Å². The highest BCUT2D eigenvalue weighted by Gasteiger charge is 2.17. The molecular formula is C18H15F4NO3.